The number of carbonyl (C=O) groups is 2. The van der Waals surface area contributed by atoms with Gasteiger partial charge in [0.15, 0.2) is 0 Å². The van der Waals surface area contributed by atoms with E-state index in [1.54, 1.807) is 30.3 Å². The van der Waals surface area contributed by atoms with Crippen LogP contribution in [0.25, 0.3) is 6.08 Å². The highest BCUT2D eigenvalue weighted by Crippen LogP contribution is 2.10. The zero-order valence-corrected chi connectivity index (χ0v) is 9.72. The highest BCUT2D eigenvalue weighted by atomic mass is 16.4. The Balaban J connectivity index is 2.57. The van der Waals surface area contributed by atoms with E-state index in [2.05, 4.69) is 17.2 Å². The van der Waals surface area contributed by atoms with Crippen molar-refractivity contribution < 1.29 is 14.7 Å². The van der Waals surface area contributed by atoms with Gasteiger partial charge in [0.2, 0.25) is 0 Å². The lowest BCUT2D eigenvalue weighted by atomic mass is 10.2. The van der Waals surface area contributed by atoms with Crippen molar-refractivity contribution in [3.63, 3.8) is 0 Å². The van der Waals surface area contributed by atoms with E-state index in [1.165, 1.54) is 6.08 Å². The number of hydrogen-bond donors (Lipinski definition) is 3. The molecule has 1 rings (SSSR count). The molecule has 5 nitrogen and oxygen atoms in total. The number of urea groups is 1. The Morgan fingerprint density at radius 1 is 1.28 bits per heavy atom. The van der Waals surface area contributed by atoms with Crippen LogP contribution in [-0.4, -0.2) is 23.7 Å². The minimum absolute atomic E-state index is 0.316. The first-order chi connectivity index (χ1) is 8.61. The van der Waals surface area contributed by atoms with Gasteiger partial charge in [-0.2, -0.15) is 0 Å². The fourth-order valence-electron chi connectivity index (χ4n) is 1.19. The second-order valence-corrected chi connectivity index (χ2v) is 3.42. The second-order valence-electron chi connectivity index (χ2n) is 3.42. The molecule has 0 saturated heterocycles. The first kappa shape index (κ1) is 13.5. The van der Waals surface area contributed by atoms with Gasteiger partial charge in [0.25, 0.3) is 0 Å². The topological polar surface area (TPSA) is 78.4 Å². The molecule has 5 heteroatoms. The molecule has 0 aliphatic heterocycles. The average Bonchev–Trinajstić information content (AvgIpc) is 2.35. The Morgan fingerprint density at radius 2 is 1.94 bits per heavy atom. The Morgan fingerprint density at radius 3 is 2.50 bits per heavy atom. The van der Waals surface area contributed by atoms with Gasteiger partial charge in [0.1, 0.15) is 0 Å². The van der Waals surface area contributed by atoms with Crippen LogP contribution in [0.2, 0.25) is 0 Å². The lowest BCUT2D eigenvalue weighted by Crippen LogP contribution is -2.28. The third-order valence-electron chi connectivity index (χ3n) is 1.99. The summed E-state index contributed by atoms with van der Waals surface area (Å²) in [5.74, 6) is -0.999. The zero-order valence-electron chi connectivity index (χ0n) is 9.72. The molecule has 0 aliphatic carbocycles. The van der Waals surface area contributed by atoms with Gasteiger partial charge >= 0.3 is 12.0 Å². The van der Waals surface area contributed by atoms with E-state index in [1.807, 2.05) is 0 Å². The quantitative estimate of drug-likeness (QED) is 0.550. The first-order valence-electron chi connectivity index (χ1n) is 5.28. The van der Waals surface area contributed by atoms with E-state index < -0.39 is 5.97 Å². The van der Waals surface area contributed by atoms with Crippen molar-refractivity contribution in [2.24, 2.45) is 0 Å². The molecule has 0 aliphatic rings. The number of hydrogen-bond acceptors (Lipinski definition) is 2. The number of carbonyl (C=O) groups excluding carboxylic acids is 1. The molecule has 0 heterocycles. The molecule has 94 valence electrons. The molecule has 0 aromatic heterocycles. The summed E-state index contributed by atoms with van der Waals surface area (Å²) in [5.41, 5.74) is 1.37. The molecule has 0 saturated carbocycles. The van der Waals surface area contributed by atoms with Crippen molar-refractivity contribution >= 4 is 23.8 Å². The Hall–Kier alpha value is -2.56. The van der Waals surface area contributed by atoms with E-state index in [9.17, 15) is 9.59 Å². The van der Waals surface area contributed by atoms with Crippen LogP contribution in [0.3, 0.4) is 0 Å². The van der Waals surface area contributed by atoms with Gasteiger partial charge in [0, 0.05) is 18.3 Å². The number of amides is 2. The molecule has 0 fully saturated rings. The van der Waals surface area contributed by atoms with Crippen LogP contribution in [0.4, 0.5) is 10.5 Å². The van der Waals surface area contributed by atoms with Crippen LogP contribution in [-0.2, 0) is 4.79 Å². The highest BCUT2D eigenvalue weighted by molar-refractivity contribution is 5.89. The third-order valence-corrected chi connectivity index (χ3v) is 1.99. The molecule has 1 aromatic rings. The van der Waals surface area contributed by atoms with Crippen LogP contribution < -0.4 is 10.6 Å². The summed E-state index contributed by atoms with van der Waals surface area (Å²) in [4.78, 5) is 21.6. The van der Waals surface area contributed by atoms with Gasteiger partial charge in [-0.3, -0.25) is 0 Å². The molecule has 0 unspecified atom stereocenters. The number of carboxylic acid groups (broad SMARTS) is 1. The number of anilines is 1. The van der Waals surface area contributed by atoms with Gasteiger partial charge in [-0.15, -0.1) is 6.58 Å². The maximum absolute atomic E-state index is 11.3. The predicted molar refractivity (Wildman–Crippen MR) is 70.3 cm³/mol. The van der Waals surface area contributed by atoms with Gasteiger partial charge in [0.05, 0.1) is 0 Å². The van der Waals surface area contributed by atoms with Crippen LogP contribution >= 0.6 is 0 Å². The standard InChI is InChI=1S/C13H14N2O3/c1-2-9-14-13(18)15-11-6-3-10(4-7-11)5-8-12(16)17/h2-8H,1,9H2,(H,16,17)(H2,14,15,18). The number of carboxylic acids is 1. The van der Waals surface area contributed by atoms with Crippen LogP contribution in [0.15, 0.2) is 43.0 Å². The molecule has 3 N–H and O–H groups in total. The van der Waals surface area contributed by atoms with E-state index in [0.717, 1.165) is 11.6 Å². The van der Waals surface area contributed by atoms with Crippen LogP contribution in [0.5, 0.6) is 0 Å². The number of nitrogens with one attached hydrogen (secondary N) is 2. The first-order valence-corrected chi connectivity index (χ1v) is 5.28. The van der Waals surface area contributed by atoms with E-state index in [-0.39, 0.29) is 6.03 Å². The molecule has 0 atom stereocenters. The zero-order chi connectivity index (χ0) is 13.4. The van der Waals surface area contributed by atoms with Crippen molar-refractivity contribution in [1.29, 1.82) is 0 Å². The second kappa shape index (κ2) is 6.90. The molecule has 0 spiro atoms. The Kier molecular flexibility index (Phi) is 5.18. The largest absolute Gasteiger partial charge is 0.478 e. The lowest BCUT2D eigenvalue weighted by Gasteiger charge is -2.05. The van der Waals surface area contributed by atoms with Crippen molar-refractivity contribution in [2.45, 2.75) is 0 Å². The molecule has 18 heavy (non-hydrogen) atoms. The van der Waals surface area contributed by atoms with Gasteiger partial charge in [-0.1, -0.05) is 18.2 Å². The van der Waals surface area contributed by atoms with Gasteiger partial charge in [-0.05, 0) is 23.8 Å². The lowest BCUT2D eigenvalue weighted by molar-refractivity contribution is -0.131. The van der Waals surface area contributed by atoms with Crippen molar-refractivity contribution in [2.75, 3.05) is 11.9 Å². The van der Waals surface area contributed by atoms with E-state index in [0.29, 0.717) is 12.2 Å². The van der Waals surface area contributed by atoms with Gasteiger partial charge < -0.3 is 15.7 Å². The summed E-state index contributed by atoms with van der Waals surface area (Å²) >= 11 is 0. The van der Waals surface area contributed by atoms with E-state index >= 15 is 0 Å². The minimum atomic E-state index is -0.999. The van der Waals surface area contributed by atoms with Crippen molar-refractivity contribution in [3.8, 4) is 0 Å². The molecular formula is C13H14N2O3. The molecule has 0 radical (unpaired) electrons. The summed E-state index contributed by atoms with van der Waals surface area (Å²) in [6.45, 7) is 3.88. The van der Waals surface area contributed by atoms with Crippen LogP contribution in [0.1, 0.15) is 5.56 Å². The van der Waals surface area contributed by atoms with Crippen molar-refractivity contribution in [3.05, 3.63) is 48.6 Å². The molecule has 0 bridgehead atoms. The van der Waals surface area contributed by atoms with Gasteiger partial charge in [-0.25, -0.2) is 9.59 Å². The predicted octanol–water partition coefficient (Wildman–Crippen LogP) is 2.09. The number of rotatable bonds is 5. The normalized spacial score (nSPS) is 10.0. The molecule has 2 amide bonds. The summed E-state index contributed by atoms with van der Waals surface area (Å²) in [6.07, 6.45) is 4.11. The number of benzene rings is 1. The fraction of sp³-hybridized carbons (Fsp3) is 0.0769. The molecule has 1 aromatic carbocycles. The smallest absolute Gasteiger partial charge is 0.328 e. The SMILES string of the molecule is C=CCNC(=O)Nc1ccc(C=CC(=O)O)cc1. The summed E-state index contributed by atoms with van der Waals surface area (Å²) in [5, 5.41) is 13.7. The van der Waals surface area contributed by atoms with Crippen molar-refractivity contribution in [1.82, 2.24) is 5.32 Å². The molecular weight excluding hydrogens is 232 g/mol. The highest BCUT2D eigenvalue weighted by Gasteiger charge is 1.99. The summed E-state index contributed by atoms with van der Waals surface area (Å²) < 4.78 is 0. The Labute approximate surface area is 105 Å². The fourth-order valence-corrected chi connectivity index (χ4v) is 1.19. The maximum atomic E-state index is 11.3. The summed E-state index contributed by atoms with van der Waals surface area (Å²) in [7, 11) is 0. The number of aliphatic carboxylic acids is 1. The third kappa shape index (κ3) is 4.98. The monoisotopic (exact) mass is 246 g/mol. The minimum Gasteiger partial charge on any atom is -0.478 e. The Bertz CT molecular complexity index is 464. The van der Waals surface area contributed by atoms with Crippen LogP contribution in [0, 0.1) is 0 Å². The van der Waals surface area contributed by atoms with E-state index in [4.69, 9.17) is 5.11 Å². The summed E-state index contributed by atoms with van der Waals surface area (Å²) in [6, 6.07) is 6.48. The maximum Gasteiger partial charge on any atom is 0.328 e. The average molecular weight is 246 g/mol.